The molecule has 2 N–H and O–H groups in total. The number of benzene rings is 1. The van der Waals surface area contributed by atoms with Crippen LogP contribution in [0.15, 0.2) is 23.2 Å². The predicted octanol–water partition coefficient (Wildman–Crippen LogP) is 4.13. The molecule has 0 fully saturated rings. The van der Waals surface area contributed by atoms with Crippen LogP contribution >= 0.6 is 0 Å². The van der Waals surface area contributed by atoms with Crippen molar-refractivity contribution < 1.29 is 8.42 Å². The van der Waals surface area contributed by atoms with Crippen molar-refractivity contribution in [2.24, 2.45) is 0 Å². The molecule has 0 unspecified atom stereocenters. The Kier molecular flexibility index (Phi) is 5.51. The molecule has 0 spiro atoms. The van der Waals surface area contributed by atoms with Crippen LogP contribution in [-0.4, -0.2) is 22.7 Å². The highest BCUT2D eigenvalue weighted by molar-refractivity contribution is 7.89. The molecule has 0 aliphatic carbocycles. The molecule has 28 heavy (non-hydrogen) atoms. The van der Waals surface area contributed by atoms with Gasteiger partial charge in [-0.25, -0.2) is 18.4 Å². The maximum absolute atomic E-state index is 13.8. The first-order chi connectivity index (χ1) is 13.0. The van der Waals surface area contributed by atoms with Crippen molar-refractivity contribution in [3.8, 4) is 0 Å². The summed E-state index contributed by atoms with van der Waals surface area (Å²) in [7, 11) is -3.69. The van der Waals surface area contributed by atoms with Crippen LogP contribution in [0.25, 0.3) is 0 Å². The van der Waals surface area contributed by atoms with Gasteiger partial charge < -0.3 is 5.73 Å². The van der Waals surface area contributed by atoms with Crippen LogP contribution in [0.2, 0.25) is 0 Å². The van der Waals surface area contributed by atoms with Gasteiger partial charge >= 0.3 is 0 Å². The van der Waals surface area contributed by atoms with Gasteiger partial charge in [-0.15, -0.1) is 0 Å². The smallest absolute Gasteiger partial charge is 0.244 e. The van der Waals surface area contributed by atoms with E-state index in [2.05, 4.69) is 35.9 Å². The fourth-order valence-corrected chi connectivity index (χ4v) is 5.67. The van der Waals surface area contributed by atoms with Crippen LogP contribution in [0, 0.1) is 0 Å². The Morgan fingerprint density at radius 3 is 2.04 bits per heavy atom. The van der Waals surface area contributed by atoms with E-state index in [1.165, 1.54) is 9.87 Å². The number of nitrogens with zero attached hydrogens (tertiary/aromatic N) is 3. The molecule has 7 heteroatoms. The summed E-state index contributed by atoms with van der Waals surface area (Å²) in [5.41, 5.74) is 10.1. The molecule has 0 amide bonds. The molecule has 1 aromatic carbocycles. The highest BCUT2D eigenvalue weighted by Crippen LogP contribution is 2.38. The summed E-state index contributed by atoms with van der Waals surface area (Å²) in [6.07, 6.45) is 1.63. The normalized spacial score (nSPS) is 15.0. The van der Waals surface area contributed by atoms with Gasteiger partial charge in [0, 0.05) is 18.3 Å². The standard InChI is InChI=1S/C21H30N4O2S/c1-12(2)15-7-17(13(3)4)20(18(8-15)14(5)6)28(26,27)25-10-16-9-23-21(22)24-19(16)11-25/h7-9,12-14H,10-11H2,1-6H3,(H2,22,23,24). The number of nitrogens with two attached hydrogens (primary N) is 1. The summed E-state index contributed by atoms with van der Waals surface area (Å²) in [4.78, 5) is 8.69. The van der Waals surface area contributed by atoms with Crippen molar-refractivity contribution in [2.45, 2.75) is 77.3 Å². The number of anilines is 1. The van der Waals surface area contributed by atoms with E-state index < -0.39 is 10.0 Å². The van der Waals surface area contributed by atoms with Gasteiger partial charge in [-0.05, 0) is 34.4 Å². The van der Waals surface area contributed by atoms with Crippen LogP contribution in [0.5, 0.6) is 0 Å². The minimum atomic E-state index is -3.69. The van der Waals surface area contributed by atoms with E-state index >= 15 is 0 Å². The Morgan fingerprint density at radius 1 is 0.964 bits per heavy atom. The first-order valence-electron chi connectivity index (χ1n) is 9.80. The molecule has 6 nitrogen and oxygen atoms in total. The summed E-state index contributed by atoms with van der Waals surface area (Å²) in [5.74, 6) is 0.703. The second-order valence-corrected chi connectivity index (χ2v) is 10.3. The molecule has 2 heterocycles. The lowest BCUT2D eigenvalue weighted by Crippen LogP contribution is -2.28. The number of rotatable bonds is 5. The zero-order chi connectivity index (χ0) is 20.8. The minimum absolute atomic E-state index is 0.0985. The molecular weight excluding hydrogens is 372 g/mol. The van der Waals surface area contributed by atoms with Crippen LogP contribution in [0.1, 0.15) is 87.2 Å². The Labute approximate surface area is 168 Å². The summed E-state index contributed by atoms with van der Waals surface area (Å²) in [6.45, 7) is 13.0. The number of sulfonamides is 1. The summed E-state index contributed by atoms with van der Waals surface area (Å²) in [6, 6.07) is 4.13. The lowest BCUT2D eigenvalue weighted by atomic mass is 9.89. The number of hydrogen-bond donors (Lipinski definition) is 1. The molecule has 0 bridgehead atoms. The molecule has 3 rings (SSSR count). The minimum Gasteiger partial charge on any atom is -0.368 e. The van der Waals surface area contributed by atoms with E-state index in [1.54, 1.807) is 6.20 Å². The molecule has 2 aromatic rings. The first-order valence-corrected chi connectivity index (χ1v) is 11.2. The maximum atomic E-state index is 13.8. The Morgan fingerprint density at radius 2 is 1.54 bits per heavy atom. The van der Waals surface area contributed by atoms with Crippen LogP contribution in [0.3, 0.4) is 0 Å². The average molecular weight is 403 g/mol. The molecule has 0 radical (unpaired) electrons. The van der Waals surface area contributed by atoms with Crippen molar-refractivity contribution in [1.82, 2.24) is 14.3 Å². The predicted molar refractivity (Wildman–Crippen MR) is 112 cm³/mol. The van der Waals surface area contributed by atoms with Crippen LogP contribution in [0.4, 0.5) is 5.95 Å². The third-order valence-corrected chi connectivity index (χ3v) is 7.25. The summed E-state index contributed by atoms with van der Waals surface area (Å²) in [5, 5.41) is 0. The van der Waals surface area contributed by atoms with E-state index in [0.29, 0.717) is 16.5 Å². The highest BCUT2D eigenvalue weighted by atomic mass is 32.2. The van der Waals surface area contributed by atoms with Crippen molar-refractivity contribution in [1.29, 1.82) is 0 Å². The van der Waals surface area contributed by atoms with Crippen molar-refractivity contribution in [2.75, 3.05) is 5.73 Å². The van der Waals surface area contributed by atoms with Crippen molar-refractivity contribution in [3.05, 3.63) is 46.3 Å². The van der Waals surface area contributed by atoms with Gasteiger partial charge in [-0.1, -0.05) is 53.7 Å². The van der Waals surface area contributed by atoms with E-state index in [9.17, 15) is 8.42 Å². The van der Waals surface area contributed by atoms with Gasteiger partial charge in [0.25, 0.3) is 0 Å². The zero-order valence-corrected chi connectivity index (χ0v) is 18.3. The number of aromatic nitrogens is 2. The van der Waals surface area contributed by atoms with Gasteiger partial charge in [0.05, 0.1) is 17.1 Å². The molecule has 1 aliphatic rings. The topological polar surface area (TPSA) is 89.2 Å². The van der Waals surface area contributed by atoms with E-state index in [4.69, 9.17) is 5.73 Å². The second-order valence-electron chi connectivity index (χ2n) is 8.47. The number of fused-ring (bicyclic) bond motifs is 1. The molecule has 0 atom stereocenters. The Hall–Kier alpha value is -1.99. The van der Waals surface area contributed by atoms with E-state index in [-0.39, 0.29) is 30.9 Å². The second kappa shape index (κ2) is 7.44. The Bertz CT molecular complexity index is 968. The SMILES string of the molecule is CC(C)c1cc(C(C)C)c(S(=O)(=O)N2Cc3cnc(N)nc3C2)c(C(C)C)c1. The first kappa shape index (κ1) is 20.7. The lowest BCUT2D eigenvalue weighted by Gasteiger charge is -2.25. The fraction of sp³-hybridized carbons (Fsp3) is 0.524. The summed E-state index contributed by atoms with van der Waals surface area (Å²) < 4.78 is 29.0. The lowest BCUT2D eigenvalue weighted by molar-refractivity contribution is 0.427. The average Bonchev–Trinajstić information content (AvgIpc) is 3.04. The Balaban J connectivity index is 2.16. The number of nitrogen functional groups attached to an aromatic ring is 1. The molecule has 152 valence electrons. The molecule has 1 aliphatic heterocycles. The molecule has 1 aromatic heterocycles. The number of hydrogen-bond acceptors (Lipinski definition) is 5. The van der Waals surface area contributed by atoms with Gasteiger partial charge in [0.2, 0.25) is 16.0 Å². The van der Waals surface area contributed by atoms with Gasteiger partial charge in [0.1, 0.15) is 0 Å². The fourth-order valence-electron chi connectivity index (χ4n) is 3.63. The molecular formula is C21H30N4O2S. The molecule has 0 saturated heterocycles. The van der Waals surface area contributed by atoms with Crippen molar-refractivity contribution >= 4 is 16.0 Å². The molecule has 0 saturated carbocycles. The highest BCUT2D eigenvalue weighted by Gasteiger charge is 2.36. The van der Waals surface area contributed by atoms with Crippen molar-refractivity contribution in [3.63, 3.8) is 0 Å². The van der Waals surface area contributed by atoms with Gasteiger partial charge in [0.15, 0.2) is 0 Å². The van der Waals surface area contributed by atoms with Crippen LogP contribution in [-0.2, 0) is 23.1 Å². The van der Waals surface area contributed by atoms with Gasteiger partial charge in [-0.3, -0.25) is 0 Å². The third-order valence-electron chi connectivity index (χ3n) is 5.32. The van der Waals surface area contributed by atoms with Gasteiger partial charge in [-0.2, -0.15) is 4.31 Å². The zero-order valence-electron chi connectivity index (χ0n) is 17.5. The quantitative estimate of drug-likeness (QED) is 0.812. The summed E-state index contributed by atoms with van der Waals surface area (Å²) >= 11 is 0. The maximum Gasteiger partial charge on any atom is 0.244 e. The van der Waals surface area contributed by atoms with E-state index in [0.717, 1.165) is 16.7 Å². The third kappa shape index (κ3) is 3.65. The van der Waals surface area contributed by atoms with Crippen LogP contribution < -0.4 is 5.73 Å². The monoisotopic (exact) mass is 402 g/mol. The largest absolute Gasteiger partial charge is 0.368 e. The van der Waals surface area contributed by atoms with E-state index in [1.807, 2.05) is 27.7 Å².